The molecule has 0 amide bonds. The number of sulfonamides is 1. The minimum atomic E-state index is -3.45. The number of hydrogen-bond acceptors (Lipinski definition) is 4. The van der Waals surface area contributed by atoms with Gasteiger partial charge in [-0.2, -0.15) is 11.8 Å². The van der Waals surface area contributed by atoms with E-state index in [0.29, 0.717) is 30.3 Å². The molecule has 4 nitrogen and oxygen atoms in total. The first-order valence-corrected chi connectivity index (χ1v) is 10.1. The van der Waals surface area contributed by atoms with E-state index in [2.05, 4.69) is 4.72 Å². The number of benzene rings is 1. The van der Waals surface area contributed by atoms with Gasteiger partial charge < -0.3 is 5.73 Å². The Balaban J connectivity index is 2.14. The van der Waals surface area contributed by atoms with Crippen molar-refractivity contribution < 1.29 is 8.42 Å². The summed E-state index contributed by atoms with van der Waals surface area (Å²) in [6.45, 7) is 2.86. The van der Waals surface area contributed by atoms with E-state index < -0.39 is 10.0 Å². The lowest BCUT2D eigenvalue weighted by molar-refractivity contribution is 0.476. The van der Waals surface area contributed by atoms with Gasteiger partial charge in [0.15, 0.2) is 0 Å². The fourth-order valence-corrected chi connectivity index (χ4v) is 5.20. The zero-order valence-corrected chi connectivity index (χ0v) is 14.1. The summed E-state index contributed by atoms with van der Waals surface area (Å²) in [5.41, 5.74) is 7.32. The maximum absolute atomic E-state index is 12.6. The highest BCUT2D eigenvalue weighted by Gasteiger charge is 2.21. The van der Waals surface area contributed by atoms with E-state index in [1.165, 1.54) is 0 Å². The summed E-state index contributed by atoms with van der Waals surface area (Å²) in [7, 11) is -3.45. The van der Waals surface area contributed by atoms with Crippen molar-refractivity contribution >= 4 is 21.8 Å². The average Bonchev–Trinajstić information content (AvgIpc) is 2.53. The first-order valence-electron chi connectivity index (χ1n) is 7.46. The van der Waals surface area contributed by atoms with Gasteiger partial charge in [-0.1, -0.05) is 19.1 Å². The van der Waals surface area contributed by atoms with E-state index in [9.17, 15) is 8.42 Å². The van der Waals surface area contributed by atoms with Crippen LogP contribution < -0.4 is 10.5 Å². The van der Waals surface area contributed by atoms with Gasteiger partial charge in [0.1, 0.15) is 0 Å². The monoisotopic (exact) mass is 328 g/mol. The summed E-state index contributed by atoms with van der Waals surface area (Å²) < 4.78 is 27.9. The van der Waals surface area contributed by atoms with Crippen molar-refractivity contribution in [3.8, 4) is 0 Å². The second-order valence-electron chi connectivity index (χ2n) is 5.41. The summed E-state index contributed by atoms with van der Waals surface area (Å²) in [6, 6.07) is 5.47. The molecule has 0 aliphatic carbocycles. The number of rotatable bonds is 6. The third kappa shape index (κ3) is 4.45. The lowest BCUT2D eigenvalue weighted by Crippen LogP contribution is -2.31. The van der Waals surface area contributed by atoms with Crippen LogP contribution in [0.2, 0.25) is 0 Å². The zero-order chi connectivity index (χ0) is 15.3. The van der Waals surface area contributed by atoms with E-state index in [1.54, 1.807) is 6.07 Å². The standard InChI is InChI=1S/C15H24N2O2S2/c1-2-14-4-3-13(10-16)9-15(14)21(18,19)17-11-12-5-7-20-8-6-12/h3-4,9,12,17H,2,5-8,10-11,16H2,1H3. The van der Waals surface area contributed by atoms with Crippen LogP contribution in [-0.4, -0.2) is 26.5 Å². The van der Waals surface area contributed by atoms with Crippen LogP contribution in [0.4, 0.5) is 0 Å². The predicted octanol–water partition coefficient (Wildman–Crippen LogP) is 2.13. The molecule has 1 aromatic carbocycles. The highest BCUT2D eigenvalue weighted by Crippen LogP contribution is 2.23. The van der Waals surface area contributed by atoms with Crippen LogP contribution >= 0.6 is 11.8 Å². The first-order chi connectivity index (χ1) is 10.1. The molecule has 0 atom stereocenters. The Morgan fingerprint density at radius 2 is 2.05 bits per heavy atom. The third-order valence-electron chi connectivity index (χ3n) is 3.94. The quantitative estimate of drug-likeness (QED) is 0.839. The van der Waals surface area contributed by atoms with Gasteiger partial charge in [-0.3, -0.25) is 0 Å². The number of hydrogen-bond donors (Lipinski definition) is 2. The van der Waals surface area contributed by atoms with Gasteiger partial charge in [-0.25, -0.2) is 13.1 Å². The SMILES string of the molecule is CCc1ccc(CN)cc1S(=O)(=O)NCC1CCSCC1. The topological polar surface area (TPSA) is 72.2 Å². The summed E-state index contributed by atoms with van der Waals surface area (Å²) in [5, 5.41) is 0. The molecule has 1 saturated heterocycles. The second kappa shape index (κ2) is 7.63. The highest BCUT2D eigenvalue weighted by atomic mass is 32.2. The molecule has 6 heteroatoms. The lowest BCUT2D eigenvalue weighted by atomic mass is 10.0. The van der Waals surface area contributed by atoms with Crippen LogP contribution in [0.25, 0.3) is 0 Å². The second-order valence-corrected chi connectivity index (χ2v) is 8.37. The molecule has 118 valence electrons. The molecule has 0 radical (unpaired) electrons. The van der Waals surface area contributed by atoms with Crippen LogP contribution in [0.5, 0.6) is 0 Å². The molecule has 21 heavy (non-hydrogen) atoms. The lowest BCUT2D eigenvalue weighted by Gasteiger charge is -2.22. The Morgan fingerprint density at radius 1 is 1.33 bits per heavy atom. The average molecular weight is 329 g/mol. The molecule has 3 N–H and O–H groups in total. The Kier molecular flexibility index (Phi) is 6.10. The van der Waals surface area contributed by atoms with Crippen LogP contribution in [-0.2, 0) is 23.0 Å². The molecule has 1 aliphatic rings. The van der Waals surface area contributed by atoms with Crippen molar-refractivity contribution in [2.24, 2.45) is 11.7 Å². The van der Waals surface area contributed by atoms with Crippen LogP contribution in [0.3, 0.4) is 0 Å². The minimum absolute atomic E-state index is 0.354. The molecule has 0 bridgehead atoms. The largest absolute Gasteiger partial charge is 0.326 e. The van der Waals surface area contributed by atoms with Crippen molar-refractivity contribution in [1.29, 1.82) is 0 Å². The van der Waals surface area contributed by atoms with Gasteiger partial charge >= 0.3 is 0 Å². The van der Waals surface area contributed by atoms with Gasteiger partial charge in [0.05, 0.1) is 4.90 Å². The number of aryl methyl sites for hydroxylation is 1. The molecule has 1 fully saturated rings. The van der Waals surface area contributed by atoms with Crippen molar-refractivity contribution in [3.63, 3.8) is 0 Å². The third-order valence-corrected chi connectivity index (χ3v) is 6.50. The smallest absolute Gasteiger partial charge is 0.240 e. The number of thioether (sulfide) groups is 1. The Labute approximate surface area is 131 Å². The number of nitrogens with two attached hydrogens (primary N) is 1. The zero-order valence-electron chi connectivity index (χ0n) is 12.5. The van der Waals surface area contributed by atoms with Gasteiger partial charge in [-0.15, -0.1) is 0 Å². The molecule has 0 spiro atoms. The number of nitrogens with one attached hydrogen (secondary N) is 1. The molecule has 1 heterocycles. The maximum Gasteiger partial charge on any atom is 0.240 e. The molecule has 0 unspecified atom stereocenters. The van der Waals surface area contributed by atoms with E-state index in [0.717, 1.165) is 35.5 Å². The molecule has 1 aliphatic heterocycles. The molecular weight excluding hydrogens is 304 g/mol. The van der Waals surface area contributed by atoms with Crippen LogP contribution in [0.15, 0.2) is 23.1 Å². The van der Waals surface area contributed by atoms with E-state index >= 15 is 0 Å². The van der Waals surface area contributed by atoms with E-state index in [4.69, 9.17) is 5.73 Å². The maximum atomic E-state index is 12.6. The Morgan fingerprint density at radius 3 is 2.67 bits per heavy atom. The van der Waals surface area contributed by atoms with Crippen molar-refractivity contribution in [2.75, 3.05) is 18.1 Å². The predicted molar refractivity (Wildman–Crippen MR) is 88.9 cm³/mol. The van der Waals surface area contributed by atoms with Gasteiger partial charge in [0.25, 0.3) is 0 Å². The normalized spacial score (nSPS) is 17.0. The summed E-state index contributed by atoms with van der Waals surface area (Å²) >= 11 is 1.95. The van der Waals surface area contributed by atoms with Gasteiger partial charge in [-0.05, 0) is 53.9 Å². The van der Waals surface area contributed by atoms with E-state index in [-0.39, 0.29) is 0 Å². The fraction of sp³-hybridized carbons (Fsp3) is 0.600. The Hall–Kier alpha value is -0.560. The molecule has 0 saturated carbocycles. The molecule has 0 aromatic heterocycles. The van der Waals surface area contributed by atoms with Crippen LogP contribution in [0.1, 0.15) is 30.9 Å². The van der Waals surface area contributed by atoms with Crippen molar-refractivity contribution in [3.05, 3.63) is 29.3 Å². The van der Waals surface area contributed by atoms with Crippen molar-refractivity contribution in [1.82, 2.24) is 4.72 Å². The van der Waals surface area contributed by atoms with Gasteiger partial charge in [0, 0.05) is 13.1 Å². The van der Waals surface area contributed by atoms with Crippen molar-refractivity contribution in [2.45, 2.75) is 37.6 Å². The first kappa shape index (κ1) is 16.8. The molecule has 1 aromatic rings. The molecular formula is C15H24N2O2S2. The summed E-state index contributed by atoms with van der Waals surface area (Å²) in [4.78, 5) is 0.387. The Bertz CT molecular complexity index is 567. The van der Waals surface area contributed by atoms with Gasteiger partial charge in [0.2, 0.25) is 10.0 Å². The molecule has 2 rings (SSSR count). The van der Waals surface area contributed by atoms with E-state index in [1.807, 2.05) is 30.8 Å². The summed E-state index contributed by atoms with van der Waals surface area (Å²) in [6.07, 6.45) is 2.88. The minimum Gasteiger partial charge on any atom is -0.326 e. The van der Waals surface area contributed by atoms with Crippen LogP contribution in [0, 0.1) is 5.92 Å². The highest BCUT2D eigenvalue weighted by molar-refractivity contribution is 7.99. The fourth-order valence-electron chi connectivity index (χ4n) is 2.52. The summed E-state index contributed by atoms with van der Waals surface area (Å²) in [5.74, 6) is 2.73.